The van der Waals surface area contributed by atoms with Crippen LogP contribution in [0.15, 0.2) is 12.1 Å². The summed E-state index contributed by atoms with van der Waals surface area (Å²) in [5.74, 6) is -4.29. The molecule has 43 heavy (non-hydrogen) atoms. The number of carbonyl (C=O) groups excluding carboxylic acids is 2. The Morgan fingerprint density at radius 1 is 1.05 bits per heavy atom. The van der Waals surface area contributed by atoms with Crippen LogP contribution in [0.4, 0.5) is 39.5 Å². The summed E-state index contributed by atoms with van der Waals surface area (Å²) in [5.41, 5.74) is -2.71. The third-order valence-corrected chi connectivity index (χ3v) is 9.56. The first-order valence-corrected chi connectivity index (χ1v) is 14.7. The maximum absolute atomic E-state index is 13.4. The quantitative estimate of drug-likeness (QED) is 0.325. The molecular weight excluding hydrogens is 627 g/mol. The summed E-state index contributed by atoms with van der Waals surface area (Å²) in [4.78, 5) is 30.2. The predicted molar refractivity (Wildman–Crippen MR) is 128 cm³/mol. The van der Waals surface area contributed by atoms with Gasteiger partial charge in [-0.25, -0.2) is 13.4 Å². The van der Waals surface area contributed by atoms with Gasteiger partial charge in [-0.05, 0) is 56.8 Å². The molecule has 2 aliphatic heterocycles. The number of hydrogen-bond acceptors (Lipinski definition) is 8. The van der Waals surface area contributed by atoms with E-state index in [-0.39, 0.29) is 25.1 Å². The smallest absolute Gasteiger partial charge is 0.434 e. The highest BCUT2D eigenvalue weighted by molar-refractivity contribution is 7.90. The Hall–Kier alpha value is -2.67. The summed E-state index contributed by atoms with van der Waals surface area (Å²) in [6.45, 7) is 0.0654. The number of esters is 1. The number of halogens is 9. The van der Waals surface area contributed by atoms with Crippen molar-refractivity contribution in [3.63, 3.8) is 0 Å². The molecule has 0 bridgehead atoms. The van der Waals surface area contributed by atoms with E-state index in [1.807, 2.05) is 4.72 Å². The van der Waals surface area contributed by atoms with E-state index in [4.69, 9.17) is 0 Å². The third kappa shape index (κ3) is 7.89. The fourth-order valence-electron chi connectivity index (χ4n) is 5.45. The van der Waals surface area contributed by atoms with E-state index in [0.717, 1.165) is 6.07 Å². The molecular formula is C24H27F9N4O5S. The molecule has 2 N–H and O–H groups in total. The lowest BCUT2D eigenvalue weighted by Crippen LogP contribution is -2.50. The van der Waals surface area contributed by atoms with Crippen LogP contribution in [-0.4, -0.2) is 79.1 Å². The second kappa shape index (κ2) is 11.7. The zero-order valence-corrected chi connectivity index (χ0v) is 23.0. The zero-order chi connectivity index (χ0) is 32.0. The molecule has 1 saturated carbocycles. The maximum atomic E-state index is 13.4. The second-order valence-corrected chi connectivity index (χ2v) is 12.9. The van der Waals surface area contributed by atoms with Gasteiger partial charge < -0.3 is 10.1 Å². The van der Waals surface area contributed by atoms with Crippen molar-refractivity contribution >= 4 is 21.9 Å². The van der Waals surface area contributed by atoms with Crippen LogP contribution in [0, 0.1) is 5.92 Å². The number of pyridine rings is 1. The SMILES string of the molecule is O=C(Cc1nc(C(F)(F)F)ccc1CN1CC(C(=O)OC(C(F)(F)F)C(F)(F)F)CC12CCNCC2)NS(=O)(=O)C1CC1. The fraction of sp³-hybridized carbons (Fsp3) is 0.708. The molecule has 3 aliphatic rings. The topological polar surface area (TPSA) is 118 Å². The maximum Gasteiger partial charge on any atom is 0.434 e. The Labute approximate surface area is 239 Å². The third-order valence-electron chi connectivity index (χ3n) is 7.70. The lowest BCUT2D eigenvalue weighted by Gasteiger charge is -2.42. The summed E-state index contributed by atoms with van der Waals surface area (Å²) in [7, 11) is -4.03. The van der Waals surface area contributed by atoms with Crippen molar-refractivity contribution in [2.75, 3.05) is 19.6 Å². The molecule has 2 saturated heterocycles. The Bertz CT molecular complexity index is 1310. The molecule has 242 valence electrons. The minimum absolute atomic E-state index is 0.0300. The van der Waals surface area contributed by atoms with E-state index in [1.54, 1.807) is 4.90 Å². The van der Waals surface area contributed by atoms with Crippen molar-refractivity contribution in [3.8, 4) is 0 Å². The lowest BCUT2D eigenvalue weighted by atomic mass is 9.83. The van der Waals surface area contributed by atoms with E-state index >= 15 is 0 Å². The summed E-state index contributed by atoms with van der Waals surface area (Å²) in [6.07, 6.45) is -20.9. The first-order valence-electron chi connectivity index (χ1n) is 13.1. The number of ether oxygens (including phenoxy) is 1. The van der Waals surface area contributed by atoms with Gasteiger partial charge in [-0.3, -0.25) is 19.2 Å². The number of likely N-dealkylation sites (tertiary alicyclic amines) is 1. The van der Waals surface area contributed by atoms with Crippen LogP contribution in [0.25, 0.3) is 0 Å². The molecule has 0 radical (unpaired) electrons. The van der Waals surface area contributed by atoms with Gasteiger partial charge in [0.2, 0.25) is 15.9 Å². The van der Waals surface area contributed by atoms with Crippen LogP contribution in [0.1, 0.15) is 49.1 Å². The summed E-state index contributed by atoms with van der Waals surface area (Å²) in [5, 5.41) is 2.26. The molecule has 3 fully saturated rings. The number of piperidine rings is 1. The van der Waals surface area contributed by atoms with Gasteiger partial charge in [-0.15, -0.1) is 0 Å². The molecule has 1 aromatic rings. The van der Waals surface area contributed by atoms with Gasteiger partial charge in [-0.1, -0.05) is 6.07 Å². The van der Waals surface area contributed by atoms with Gasteiger partial charge in [-0.2, -0.15) is 39.5 Å². The number of hydrogen-bond donors (Lipinski definition) is 2. The van der Waals surface area contributed by atoms with Crippen LogP contribution in [-0.2, 0) is 43.5 Å². The first-order chi connectivity index (χ1) is 19.7. The number of carbonyl (C=O) groups is 2. The van der Waals surface area contributed by atoms with Gasteiger partial charge in [0.05, 0.1) is 23.3 Å². The molecule has 1 unspecified atom stereocenters. The standard InChI is InChI=1S/C24H27F9N4O5S/c25-22(26,27)17-4-1-13(16(35-17)9-18(38)36-43(40,41)15-2-3-15)11-37-12-14(10-21(37)5-7-34-8-6-21)19(39)42-20(23(28,29)30)24(31,32)33/h1,4,14-15,20,34H,2-3,5-12H2,(H,36,38). The molecule has 1 amide bonds. The number of nitrogens with one attached hydrogen (secondary N) is 2. The Balaban J connectivity index is 1.60. The minimum atomic E-state index is -5.91. The van der Waals surface area contributed by atoms with Gasteiger partial charge in [0, 0.05) is 18.6 Å². The van der Waals surface area contributed by atoms with Crippen molar-refractivity contribution in [2.24, 2.45) is 5.92 Å². The van der Waals surface area contributed by atoms with Gasteiger partial charge in [0.15, 0.2) is 0 Å². The van der Waals surface area contributed by atoms with Crippen LogP contribution >= 0.6 is 0 Å². The van der Waals surface area contributed by atoms with Crippen molar-refractivity contribution in [3.05, 3.63) is 29.1 Å². The van der Waals surface area contributed by atoms with Gasteiger partial charge >= 0.3 is 24.5 Å². The lowest BCUT2D eigenvalue weighted by molar-refractivity contribution is -0.314. The van der Waals surface area contributed by atoms with Gasteiger partial charge in [0.1, 0.15) is 5.69 Å². The largest absolute Gasteiger partial charge is 0.442 e. The Kier molecular flexibility index (Phi) is 9.03. The van der Waals surface area contributed by atoms with Crippen LogP contribution in [0.5, 0.6) is 0 Å². The normalized spacial score (nSPS) is 21.8. The summed E-state index contributed by atoms with van der Waals surface area (Å²) >= 11 is 0. The molecule has 19 heteroatoms. The van der Waals surface area contributed by atoms with E-state index < -0.39 is 81.0 Å². The van der Waals surface area contributed by atoms with Crippen molar-refractivity contribution in [1.29, 1.82) is 0 Å². The highest BCUT2D eigenvalue weighted by Crippen LogP contribution is 2.43. The Morgan fingerprint density at radius 2 is 1.65 bits per heavy atom. The molecule has 1 aliphatic carbocycles. The van der Waals surface area contributed by atoms with Crippen molar-refractivity contribution < 1.29 is 62.3 Å². The van der Waals surface area contributed by atoms with E-state index in [1.165, 1.54) is 0 Å². The van der Waals surface area contributed by atoms with Crippen LogP contribution in [0.2, 0.25) is 0 Å². The molecule has 1 aromatic heterocycles. The first kappa shape index (κ1) is 33.2. The number of aromatic nitrogens is 1. The average molecular weight is 655 g/mol. The van der Waals surface area contributed by atoms with E-state index in [2.05, 4.69) is 15.0 Å². The molecule has 1 atom stereocenters. The number of rotatable bonds is 8. The highest BCUT2D eigenvalue weighted by atomic mass is 32.2. The van der Waals surface area contributed by atoms with Crippen molar-refractivity contribution in [2.45, 2.75) is 80.5 Å². The summed E-state index contributed by atoms with van der Waals surface area (Å²) in [6, 6.07) is 1.64. The Morgan fingerprint density at radius 3 is 2.19 bits per heavy atom. The highest BCUT2D eigenvalue weighted by Gasteiger charge is 2.61. The molecule has 3 heterocycles. The summed E-state index contributed by atoms with van der Waals surface area (Å²) < 4.78 is 148. The second-order valence-electron chi connectivity index (χ2n) is 10.9. The van der Waals surface area contributed by atoms with E-state index in [9.17, 15) is 57.5 Å². The number of alkyl halides is 9. The zero-order valence-electron chi connectivity index (χ0n) is 22.2. The number of nitrogens with zero attached hydrogens (tertiary/aromatic N) is 2. The average Bonchev–Trinajstić information content (AvgIpc) is 3.67. The molecule has 9 nitrogen and oxygen atoms in total. The van der Waals surface area contributed by atoms with Gasteiger partial charge in [0.25, 0.3) is 6.10 Å². The molecule has 4 rings (SSSR count). The van der Waals surface area contributed by atoms with Crippen LogP contribution < -0.4 is 10.0 Å². The predicted octanol–water partition coefficient (Wildman–Crippen LogP) is 3.23. The number of sulfonamides is 1. The number of amides is 1. The monoisotopic (exact) mass is 654 g/mol. The molecule has 1 spiro atoms. The van der Waals surface area contributed by atoms with Crippen molar-refractivity contribution in [1.82, 2.24) is 19.9 Å². The van der Waals surface area contributed by atoms with Crippen LogP contribution in [0.3, 0.4) is 0 Å². The fourth-order valence-corrected chi connectivity index (χ4v) is 6.76. The molecule has 0 aromatic carbocycles. The van der Waals surface area contributed by atoms with E-state index in [0.29, 0.717) is 44.8 Å². The minimum Gasteiger partial charge on any atom is -0.442 e.